The van der Waals surface area contributed by atoms with Gasteiger partial charge in [-0.2, -0.15) is 0 Å². The average molecular weight is 431 g/mol. The molecule has 0 saturated carbocycles. The Bertz CT molecular complexity index is 2020. The van der Waals surface area contributed by atoms with E-state index in [1.165, 1.54) is 81.3 Å². The predicted molar refractivity (Wildman–Crippen MR) is 149 cm³/mol. The second kappa shape index (κ2) is 6.46. The predicted octanol–water partition coefficient (Wildman–Crippen LogP) is 9.71. The fourth-order valence-electron chi connectivity index (χ4n) is 6.31. The highest BCUT2D eigenvalue weighted by Gasteiger charge is 2.19. The minimum absolute atomic E-state index is 1.07. The van der Waals surface area contributed by atoms with Crippen LogP contribution in [0.1, 0.15) is 12.5 Å². The first-order valence-corrected chi connectivity index (χ1v) is 12.2. The van der Waals surface area contributed by atoms with Crippen LogP contribution in [-0.2, 0) is 6.42 Å². The van der Waals surface area contributed by atoms with E-state index in [1.54, 1.807) is 0 Å². The second-order valence-corrected chi connectivity index (χ2v) is 9.59. The number of aryl methyl sites for hydroxylation is 1. The van der Waals surface area contributed by atoms with Crippen molar-refractivity contribution < 1.29 is 0 Å². The van der Waals surface area contributed by atoms with Gasteiger partial charge in [-0.25, -0.2) is 0 Å². The van der Waals surface area contributed by atoms with Gasteiger partial charge in [0.2, 0.25) is 0 Å². The van der Waals surface area contributed by atoms with E-state index in [2.05, 4.69) is 110 Å². The van der Waals surface area contributed by atoms with E-state index in [0.29, 0.717) is 0 Å². The van der Waals surface area contributed by atoms with Gasteiger partial charge in [0.25, 0.3) is 0 Å². The number of fused-ring (bicyclic) bond motifs is 6. The van der Waals surface area contributed by atoms with Crippen molar-refractivity contribution in [3.63, 3.8) is 0 Å². The lowest BCUT2D eigenvalue weighted by atomic mass is 9.95. The molecule has 0 N–H and O–H groups in total. The molecule has 8 aromatic carbocycles. The topological polar surface area (TPSA) is 0 Å². The van der Waals surface area contributed by atoms with Crippen LogP contribution in [-0.4, -0.2) is 0 Å². The Kier molecular flexibility index (Phi) is 3.47. The van der Waals surface area contributed by atoms with Crippen LogP contribution in [0.25, 0.3) is 75.8 Å². The lowest BCUT2D eigenvalue weighted by molar-refractivity contribution is 1.14. The van der Waals surface area contributed by atoms with Crippen LogP contribution in [0, 0.1) is 0 Å². The van der Waals surface area contributed by atoms with Gasteiger partial charge in [-0.15, -0.1) is 0 Å². The molecule has 0 spiro atoms. The molecule has 0 aromatic heterocycles. The third-order valence-electron chi connectivity index (χ3n) is 7.92. The van der Waals surface area contributed by atoms with Crippen molar-refractivity contribution in [3.8, 4) is 11.1 Å². The maximum Gasteiger partial charge on any atom is -0.00141 e. The molecule has 0 heteroatoms. The summed E-state index contributed by atoms with van der Waals surface area (Å²) in [5, 5.41) is 16.4. The second-order valence-electron chi connectivity index (χ2n) is 9.59. The molecule has 34 heavy (non-hydrogen) atoms. The van der Waals surface area contributed by atoms with Crippen LogP contribution in [0.3, 0.4) is 0 Å². The van der Waals surface area contributed by atoms with E-state index in [1.807, 2.05) is 0 Å². The van der Waals surface area contributed by atoms with Crippen molar-refractivity contribution in [2.75, 3.05) is 0 Å². The Morgan fingerprint density at radius 1 is 0.441 bits per heavy atom. The Balaban J connectivity index is 1.59. The van der Waals surface area contributed by atoms with Crippen molar-refractivity contribution in [2.24, 2.45) is 0 Å². The van der Waals surface area contributed by atoms with E-state index in [-0.39, 0.29) is 0 Å². The first-order chi connectivity index (χ1) is 16.8. The molecule has 0 aliphatic heterocycles. The van der Waals surface area contributed by atoms with E-state index in [9.17, 15) is 0 Å². The van der Waals surface area contributed by atoms with E-state index >= 15 is 0 Å². The molecule has 0 amide bonds. The molecule has 0 radical (unpaired) electrons. The Hall–Kier alpha value is -4.16. The van der Waals surface area contributed by atoms with Crippen LogP contribution in [0.15, 0.2) is 103 Å². The molecule has 0 unspecified atom stereocenters. The van der Waals surface area contributed by atoms with Crippen LogP contribution in [0.4, 0.5) is 0 Å². The zero-order valence-corrected chi connectivity index (χ0v) is 19.0. The Labute approximate surface area is 197 Å². The van der Waals surface area contributed by atoms with Gasteiger partial charge < -0.3 is 0 Å². The number of hydrogen-bond acceptors (Lipinski definition) is 0. The normalized spacial score (nSPS) is 12.4. The van der Waals surface area contributed by atoms with Crippen LogP contribution in [0.2, 0.25) is 0 Å². The highest BCUT2D eigenvalue weighted by Crippen LogP contribution is 2.47. The van der Waals surface area contributed by atoms with Gasteiger partial charge in [-0.05, 0) is 99.9 Å². The summed E-state index contributed by atoms with van der Waals surface area (Å²) in [6, 6.07) is 38.9. The molecule has 158 valence electrons. The molecule has 0 saturated heterocycles. The average Bonchev–Trinajstić information content (AvgIpc) is 3.39. The number of rotatable bonds is 2. The quantitative estimate of drug-likeness (QED) is 0.256. The summed E-state index contributed by atoms with van der Waals surface area (Å²) in [7, 11) is 0. The molecule has 0 atom stereocenters. The molecule has 0 bridgehead atoms. The fourth-order valence-corrected chi connectivity index (χ4v) is 6.31. The van der Waals surface area contributed by atoms with Gasteiger partial charge in [0.15, 0.2) is 0 Å². The number of benzene rings is 6. The van der Waals surface area contributed by atoms with Crippen molar-refractivity contribution >= 4 is 64.6 Å². The lowest BCUT2D eigenvalue weighted by Crippen LogP contribution is -1.83. The highest BCUT2D eigenvalue weighted by atomic mass is 14.2. The zero-order chi connectivity index (χ0) is 22.4. The van der Waals surface area contributed by atoms with Crippen LogP contribution >= 0.6 is 0 Å². The molecular formula is C34H22. The van der Waals surface area contributed by atoms with Crippen molar-refractivity contribution in [1.82, 2.24) is 0 Å². The summed E-state index contributed by atoms with van der Waals surface area (Å²) in [6.07, 6.45) is 1.07. The Morgan fingerprint density at radius 3 is 1.65 bits per heavy atom. The fraction of sp³-hybridized carbons (Fsp3) is 0.0588. The molecule has 8 rings (SSSR count). The summed E-state index contributed by atoms with van der Waals surface area (Å²) < 4.78 is 0. The Morgan fingerprint density at radius 2 is 1.00 bits per heavy atom. The lowest BCUT2D eigenvalue weighted by Gasteiger charge is -2.08. The molecule has 0 fully saturated rings. The van der Waals surface area contributed by atoms with Crippen molar-refractivity contribution in [3.05, 3.63) is 109 Å². The largest absolute Gasteiger partial charge is 0.0613 e. The maximum absolute atomic E-state index is 2.47. The molecule has 0 aliphatic carbocycles. The summed E-state index contributed by atoms with van der Waals surface area (Å²) in [4.78, 5) is 0. The molecule has 8 aromatic rings. The third-order valence-corrected chi connectivity index (χ3v) is 7.92. The SMILES string of the molecule is CCc1ccc(-c2ccc3cccc4c5cc6c(cc5c2c34)c2cccc3cccc6c32)cc1. The van der Waals surface area contributed by atoms with E-state index in [4.69, 9.17) is 0 Å². The molecular weight excluding hydrogens is 408 g/mol. The minimum atomic E-state index is 1.07. The van der Waals surface area contributed by atoms with Gasteiger partial charge in [-0.1, -0.05) is 97.9 Å². The highest BCUT2D eigenvalue weighted by molar-refractivity contribution is 6.38. The standard InChI is InChI=1S/C34H22/c1-2-20-12-14-21(15-13-20)24-17-16-23-8-5-11-27-30-18-28-25-9-3-6-22-7-4-10-26(32(22)25)29(28)19-31(30)34(24)33(23)27/h3-19H,2H2,1H3. The molecule has 0 heterocycles. The first-order valence-electron chi connectivity index (χ1n) is 12.2. The smallest absolute Gasteiger partial charge is 0.00141 e. The number of hydrogen-bond donors (Lipinski definition) is 0. The summed E-state index contributed by atoms with van der Waals surface area (Å²) in [5.41, 5.74) is 4.00. The molecule has 0 aliphatic rings. The van der Waals surface area contributed by atoms with Gasteiger partial charge >= 0.3 is 0 Å². The maximum atomic E-state index is 2.47. The van der Waals surface area contributed by atoms with Gasteiger partial charge in [0, 0.05) is 0 Å². The van der Waals surface area contributed by atoms with E-state index in [0.717, 1.165) is 6.42 Å². The van der Waals surface area contributed by atoms with Crippen molar-refractivity contribution in [2.45, 2.75) is 13.3 Å². The summed E-state index contributed by atoms with van der Waals surface area (Å²) >= 11 is 0. The zero-order valence-electron chi connectivity index (χ0n) is 19.0. The first kappa shape index (κ1) is 18.3. The van der Waals surface area contributed by atoms with Crippen molar-refractivity contribution in [1.29, 1.82) is 0 Å². The van der Waals surface area contributed by atoms with Gasteiger partial charge in [0.05, 0.1) is 0 Å². The summed E-state index contributed by atoms with van der Waals surface area (Å²) in [5.74, 6) is 0. The van der Waals surface area contributed by atoms with Gasteiger partial charge in [0.1, 0.15) is 0 Å². The summed E-state index contributed by atoms with van der Waals surface area (Å²) in [6.45, 7) is 2.21. The van der Waals surface area contributed by atoms with Crippen LogP contribution < -0.4 is 0 Å². The minimum Gasteiger partial charge on any atom is -0.0613 e. The van der Waals surface area contributed by atoms with Gasteiger partial charge in [-0.3, -0.25) is 0 Å². The molecule has 0 nitrogen and oxygen atoms in total. The monoisotopic (exact) mass is 430 g/mol. The van der Waals surface area contributed by atoms with E-state index < -0.39 is 0 Å². The third kappa shape index (κ3) is 2.23. The van der Waals surface area contributed by atoms with Crippen LogP contribution in [0.5, 0.6) is 0 Å².